The van der Waals surface area contributed by atoms with Gasteiger partial charge in [-0.1, -0.05) is 12.5 Å². The summed E-state index contributed by atoms with van der Waals surface area (Å²) in [7, 11) is 3.81. The number of hydrogen-bond donors (Lipinski definition) is 1. The highest BCUT2D eigenvalue weighted by Crippen LogP contribution is 2.29. The monoisotopic (exact) mass is 491 g/mol. The minimum Gasteiger partial charge on any atom is -0.467 e. The van der Waals surface area contributed by atoms with Gasteiger partial charge in [0.25, 0.3) is 0 Å². The van der Waals surface area contributed by atoms with Gasteiger partial charge < -0.3 is 19.7 Å². The summed E-state index contributed by atoms with van der Waals surface area (Å²) in [5, 5.41) is 3.35. The SMILES string of the molecule is C=CCCCCCN(C)C(=NC)NCCc1cc(F)cc2c1OCOC2.I. The normalized spacial score (nSPS) is 13.2. The number of unbranched alkanes of at least 4 members (excludes halogenated alkanes) is 3. The first-order valence-electron chi connectivity index (χ1n) is 9.20. The van der Waals surface area contributed by atoms with E-state index < -0.39 is 0 Å². The molecule has 0 aromatic heterocycles. The quantitative estimate of drug-likeness (QED) is 0.186. The van der Waals surface area contributed by atoms with Crippen molar-refractivity contribution in [2.24, 2.45) is 4.99 Å². The molecule has 1 N–H and O–H groups in total. The Kier molecular flexibility index (Phi) is 11.3. The first-order valence-corrected chi connectivity index (χ1v) is 9.20. The molecule has 0 bridgehead atoms. The van der Waals surface area contributed by atoms with Crippen LogP contribution in [0.25, 0.3) is 0 Å². The van der Waals surface area contributed by atoms with Crippen molar-refractivity contribution in [2.45, 2.75) is 38.7 Å². The fourth-order valence-corrected chi connectivity index (χ4v) is 3.06. The second-order valence-electron chi connectivity index (χ2n) is 6.45. The zero-order valence-corrected chi connectivity index (χ0v) is 18.6. The Bertz CT molecular complexity index is 625. The Morgan fingerprint density at radius 2 is 2.19 bits per heavy atom. The smallest absolute Gasteiger partial charge is 0.193 e. The highest BCUT2D eigenvalue weighted by Gasteiger charge is 2.17. The second-order valence-corrected chi connectivity index (χ2v) is 6.45. The van der Waals surface area contributed by atoms with Gasteiger partial charge in [0.1, 0.15) is 11.6 Å². The molecule has 27 heavy (non-hydrogen) atoms. The van der Waals surface area contributed by atoms with Crippen molar-refractivity contribution >= 4 is 29.9 Å². The van der Waals surface area contributed by atoms with E-state index in [4.69, 9.17) is 9.47 Å². The largest absolute Gasteiger partial charge is 0.467 e. The van der Waals surface area contributed by atoms with Crippen LogP contribution >= 0.6 is 24.0 Å². The highest BCUT2D eigenvalue weighted by molar-refractivity contribution is 14.0. The number of allylic oxidation sites excluding steroid dienone is 1. The van der Waals surface area contributed by atoms with E-state index in [2.05, 4.69) is 21.8 Å². The molecule has 1 aliphatic rings. The predicted octanol–water partition coefficient (Wildman–Crippen LogP) is 4.11. The van der Waals surface area contributed by atoms with Gasteiger partial charge in [-0.2, -0.15) is 0 Å². The first-order chi connectivity index (χ1) is 12.7. The molecule has 0 unspecified atom stereocenters. The molecule has 152 valence electrons. The Morgan fingerprint density at radius 1 is 1.37 bits per heavy atom. The number of benzene rings is 1. The molecular weight excluding hydrogens is 460 g/mol. The lowest BCUT2D eigenvalue weighted by atomic mass is 10.1. The number of guanidine groups is 1. The topological polar surface area (TPSA) is 46.1 Å². The maximum Gasteiger partial charge on any atom is 0.193 e. The summed E-state index contributed by atoms with van der Waals surface area (Å²) in [4.78, 5) is 6.45. The van der Waals surface area contributed by atoms with Crippen LogP contribution in [0.2, 0.25) is 0 Å². The van der Waals surface area contributed by atoms with Gasteiger partial charge in [-0.15, -0.1) is 30.6 Å². The number of rotatable bonds is 9. The summed E-state index contributed by atoms with van der Waals surface area (Å²) in [6.45, 7) is 5.97. The molecule has 5 nitrogen and oxygen atoms in total. The predicted molar refractivity (Wildman–Crippen MR) is 118 cm³/mol. The molecule has 0 spiro atoms. The third-order valence-corrected chi connectivity index (χ3v) is 4.40. The molecular formula is C20H31FIN3O2. The van der Waals surface area contributed by atoms with E-state index in [-0.39, 0.29) is 36.6 Å². The van der Waals surface area contributed by atoms with Crippen LogP contribution in [-0.2, 0) is 17.8 Å². The summed E-state index contributed by atoms with van der Waals surface area (Å²) >= 11 is 0. The molecule has 2 rings (SSSR count). The zero-order valence-electron chi connectivity index (χ0n) is 16.3. The van der Waals surface area contributed by atoms with E-state index in [0.717, 1.165) is 42.2 Å². The van der Waals surface area contributed by atoms with Crippen molar-refractivity contribution in [3.05, 3.63) is 41.7 Å². The Morgan fingerprint density at radius 3 is 2.93 bits per heavy atom. The van der Waals surface area contributed by atoms with Gasteiger partial charge in [-0.25, -0.2) is 4.39 Å². The van der Waals surface area contributed by atoms with E-state index >= 15 is 0 Å². The van der Waals surface area contributed by atoms with Gasteiger partial charge >= 0.3 is 0 Å². The molecule has 0 atom stereocenters. The van der Waals surface area contributed by atoms with Crippen LogP contribution in [0, 0.1) is 5.82 Å². The number of ether oxygens (including phenoxy) is 2. The molecule has 0 saturated carbocycles. The molecule has 7 heteroatoms. The van der Waals surface area contributed by atoms with Crippen molar-refractivity contribution < 1.29 is 13.9 Å². The van der Waals surface area contributed by atoms with Gasteiger partial charge in [0.15, 0.2) is 12.8 Å². The third-order valence-electron chi connectivity index (χ3n) is 4.40. The summed E-state index contributed by atoms with van der Waals surface area (Å²) in [6.07, 6.45) is 7.18. The van der Waals surface area contributed by atoms with Crippen molar-refractivity contribution in [3.8, 4) is 5.75 Å². The minimum atomic E-state index is -0.256. The zero-order chi connectivity index (χ0) is 18.8. The second kappa shape index (κ2) is 12.9. The standard InChI is InChI=1S/C20H30FN3O2.HI/c1-4-5-6-7-8-11-24(3)20(22-2)23-10-9-16-12-18(21)13-17-14-25-15-26-19(16)17;/h4,12-13H,1,5-11,14-15H2,2-3H3,(H,22,23);1H. The van der Waals surface area contributed by atoms with Gasteiger partial charge in [-0.05, 0) is 43.4 Å². The maximum atomic E-state index is 13.8. The maximum absolute atomic E-state index is 13.8. The number of aliphatic imine (C=N–C) groups is 1. The number of fused-ring (bicyclic) bond motifs is 1. The molecule has 1 heterocycles. The average molecular weight is 491 g/mol. The Balaban J connectivity index is 0.00000364. The molecule has 0 aliphatic carbocycles. The van der Waals surface area contributed by atoms with Gasteiger partial charge in [-0.3, -0.25) is 4.99 Å². The third kappa shape index (κ3) is 7.65. The van der Waals surface area contributed by atoms with Crippen LogP contribution in [-0.4, -0.2) is 44.8 Å². The van der Waals surface area contributed by atoms with E-state index in [1.54, 1.807) is 7.05 Å². The van der Waals surface area contributed by atoms with E-state index in [1.807, 2.05) is 13.1 Å². The van der Waals surface area contributed by atoms with E-state index in [0.29, 0.717) is 19.6 Å². The molecule has 1 aliphatic heterocycles. The molecule has 0 radical (unpaired) electrons. The van der Waals surface area contributed by atoms with Crippen LogP contribution in [0.4, 0.5) is 4.39 Å². The fraction of sp³-hybridized carbons (Fsp3) is 0.550. The van der Waals surface area contributed by atoms with Crippen LogP contribution in [0.1, 0.15) is 36.8 Å². The fourth-order valence-electron chi connectivity index (χ4n) is 3.06. The molecule has 1 aromatic rings. The first kappa shape index (κ1) is 23.7. The van der Waals surface area contributed by atoms with Gasteiger partial charge in [0, 0.05) is 32.7 Å². The Hall–Kier alpha value is -1.35. The summed E-state index contributed by atoms with van der Waals surface area (Å²) in [5.74, 6) is 1.35. The van der Waals surface area contributed by atoms with Crippen molar-refractivity contribution in [2.75, 3.05) is 34.0 Å². The lowest BCUT2D eigenvalue weighted by molar-refractivity contribution is -0.0172. The molecule has 0 fully saturated rings. The summed E-state index contributed by atoms with van der Waals surface area (Å²) in [5.41, 5.74) is 1.63. The lowest BCUT2D eigenvalue weighted by Gasteiger charge is -2.23. The highest BCUT2D eigenvalue weighted by atomic mass is 127. The lowest BCUT2D eigenvalue weighted by Crippen LogP contribution is -2.40. The van der Waals surface area contributed by atoms with Gasteiger partial charge in [0.05, 0.1) is 6.61 Å². The van der Waals surface area contributed by atoms with Crippen molar-refractivity contribution in [1.82, 2.24) is 10.2 Å². The van der Waals surface area contributed by atoms with Gasteiger partial charge in [0.2, 0.25) is 0 Å². The van der Waals surface area contributed by atoms with Crippen LogP contribution in [0.3, 0.4) is 0 Å². The Labute approximate surface area is 179 Å². The number of nitrogens with one attached hydrogen (secondary N) is 1. The number of hydrogen-bond acceptors (Lipinski definition) is 3. The molecule has 1 aromatic carbocycles. The minimum absolute atomic E-state index is 0. The molecule has 0 amide bonds. The summed E-state index contributed by atoms with van der Waals surface area (Å²) in [6, 6.07) is 3.02. The number of nitrogens with zero attached hydrogens (tertiary/aromatic N) is 2. The summed E-state index contributed by atoms with van der Waals surface area (Å²) < 4.78 is 24.6. The van der Waals surface area contributed by atoms with Crippen molar-refractivity contribution in [3.63, 3.8) is 0 Å². The number of halogens is 2. The van der Waals surface area contributed by atoms with Crippen LogP contribution in [0.5, 0.6) is 5.75 Å². The average Bonchev–Trinajstić information content (AvgIpc) is 2.64. The van der Waals surface area contributed by atoms with Crippen molar-refractivity contribution in [1.29, 1.82) is 0 Å². The van der Waals surface area contributed by atoms with Crippen LogP contribution in [0.15, 0.2) is 29.8 Å². The van der Waals surface area contributed by atoms with Crippen LogP contribution < -0.4 is 10.1 Å². The molecule has 0 saturated heterocycles. The van der Waals surface area contributed by atoms with E-state index in [1.165, 1.54) is 25.0 Å². The van der Waals surface area contributed by atoms with E-state index in [9.17, 15) is 4.39 Å².